The van der Waals surface area contributed by atoms with Crippen molar-refractivity contribution in [2.45, 2.75) is 31.6 Å². The highest BCUT2D eigenvalue weighted by Gasteiger charge is 2.22. The first-order chi connectivity index (χ1) is 9.25. The minimum Gasteiger partial charge on any atom is -0.231 e. The van der Waals surface area contributed by atoms with E-state index in [1.165, 1.54) is 25.7 Å². The number of benzene rings is 1. The molecule has 0 bridgehead atoms. The molecule has 1 aliphatic carbocycles. The lowest BCUT2D eigenvalue weighted by Crippen LogP contribution is -2.04. The van der Waals surface area contributed by atoms with Gasteiger partial charge in [-0.15, -0.1) is 0 Å². The highest BCUT2D eigenvalue weighted by Crippen LogP contribution is 2.35. The van der Waals surface area contributed by atoms with Crippen LogP contribution in [0.3, 0.4) is 0 Å². The van der Waals surface area contributed by atoms with E-state index in [1.54, 1.807) is 0 Å². The molecule has 1 fully saturated rings. The van der Waals surface area contributed by atoms with Crippen molar-refractivity contribution in [2.24, 2.45) is 0 Å². The molecule has 0 amide bonds. The Kier molecular flexibility index (Phi) is 4.03. The fourth-order valence-electron chi connectivity index (χ4n) is 2.59. The highest BCUT2D eigenvalue weighted by atomic mass is 127. The summed E-state index contributed by atoms with van der Waals surface area (Å²) >= 11 is 8.52. The monoisotopic (exact) mass is 384 g/mol. The van der Waals surface area contributed by atoms with Crippen LogP contribution in [0.4, 0.5) is 0 Å². The van der Waals surface area contributed by atoms with Crippen LogP contribution >= 0.6 is 34.2 Å². The van der Waals surface area contributed by atoms with Crippen molar-refractivity contribution in [3.05, 3.63) is 44.9 Å². The molecular formula is C15H14ClIN2. The first kappa shape index (κ1) is 13.3. The maximum Gasteiger partial charge on any atom is 0.146 e. The molecule has 98 valence electrons. The third kappa shape index (κ3) is 2.77. The van der Waals surface area contributed by atoms with Crippen molar-refractivity contribution in [1.29, 1.82) is 0 Å². The number of nitrogens with zero attached hydrogens (tertiary/aromatic N) is 2. The third-order valence-corrected chi connectivity index (χ3v) is 5.21. The number of halogens is 2. The summed E-state index contributed by atoms with van der Waals surface area (Å²) < 4.78 is 0.937. The number of aromatic nitrogens is 2. The molecule has 0 unspecified atom stereocenters. The van der Waals surface area contributed by atoms with Crippen LogP contribution in [0.15, 0.2) is 30.3 Å². The normalized spacial score (nSPS) is 15.9. The lowest BCUT2D eigenvalue weighted by atomic mass is 10.1. The van der Waals surface area contributed by atoms with Crippen LogP contribution in [0.2, 0.25) is 5.15 Å². The molecule has 1 aromatic carbocycles. The van der Waals surface area contributed by atoms with Crippen LogP contribution in [0, 0.1) is 3.57 Å². The van der Waals surface area contributed by atoms with Gasteiger partial charge in [0.25, 0.3) is 0 Å². The van der Waals surface area contributed by atoms with Gasteiger partial charge in [-0.2, -0.15) is 0 Å². The van der Waals surface area contributed by atoms with E-state index in [0.717, 1.165) is 20.7 Å². The van der Waals surface area contributed by atoms with E-state index < -0.39 is 0 Å². The zero-order valence-electron chi connectivity index (χ0n) is 10.4. The molecule has 1 aliphatic rings. The SMILES string of the molecule is Clc1nc(C2CCCC2)nc(-c2ccccc2)c1I. The molecule has 0 aliphatic heterocycles. The first-order valence-corrected chi connectivity index (χ1v) is 7.99. The average molecular weight is 385 g/mol. The molecule has 0 spiro atoms. The fourth-order valence-corrected chi connectivity index (χ4v) is 3.32. The zero-order valence-corrected chi connectivity index (χ0v) is 13.4. The quantitative estimate of drug-likeness (QED) is 0.534. The highest BCUT2D eigenvalue weighted by molar-refractivity contribution is 14.1. The van der Waals surface area contributed by atoms with Crippen LogP contribution < -0.4 is 0 Å². The van der Waals surface area contributed by atoms with Gasteiger partial charge < -0.3 is 0 Å². The summed E-state index contributed by atoms with van der Waals surface area (Å²) in [6.45, 7) is 0. The summed E-state index contributed by atoms with van der Waals surface area (Å²) in [6, 6.07) is 10.2. The summed E-state index contributed by atoms with van der Waals surface area (Å²) in [6.07, 6.45) is 4.92. The lowest BCUT2D eigenvalue weighted by molar-refractivity contribution is 0.668. The average Bonchev–Trinajstić information content (AvgIpc) is 2.97. The van der Waals surface area contributed by atoms with Gasteiger partial charge in [-0.05, 0) is 35.4 Å². The van der Waals surface area contributed by atoms with E-state index in [9.17, 15) is 0 Å². The van der Waals surface area contributed by atoms with Crippen molar-refractivity contribution in [3.8, 4) is 11.3 Å². The van der Waals surface area contributed by atoms with Gasteiger partial charge >= 0.3 is 0 Å². The molecule has 4 heteroatoms. The molecule has 2 nitrogen and oxygen atoms in total. The molecule has 3 rings (SSSR count). The second-order valence-corrected chi connectivity index (χ2v) is 6.32. The molecular weight excluding hydrogens is 371 g/mol. The summed E-state index contributed by atoms with van der Waals surface area (Å²) in [5.41, 5.74) is 2.07. The standard InChI is InChI=1S/C15H14ClIN2/c16-14-12(17)13(10-6-2-1-3-7-10)18-15(19-14)11-8-4-5-9-11/h1-3,6-7,11H,4-5,8-9H2. The summed E-state index contributed by atoms with van der Waals surface area (Å²) in [5.74, 6) is 1.40. The van der Waals surface area contributed by atoms with Gasteiger partial charge in [0, 0.05) is 11.5 Å². The minimum atomic E-state index is 0.483. The fraction of sp³-hybridized carbons (Fsp3) is 0.333. The lowest BCUT2D eigenvalue weighted by Gasteiger charge is -2.12. The van der Waals surface area contributed by atoms with Gasteiger partial charge in [0.2, 0.25) is 0 Å². The molecule has 0 atom stereocenters. The van der Waals surface area contributed by atoms with Crippen molar-refractivity contribution in [1.82, 2.24) is 9.97 Å². The van der Waals surface area contributed by atoms with Crippen molar-refractivity contribution >= 4 is 34.2 Å². The van der Waals surface area contributed by atoms with E-state index in [2.05, 4.69) is 39.7 Å². The van der Waals surface area contributed by atoms with E-state index in [4.69, 9.17) is 16.6 Å². The predicted molar refractivity (Wildman–Crippen MR) is 86.4 cm³/mol. The van der Waals surface area contributed by atoms with Crippen molar-refractivity contribution < 1.29 is 0 Å². The van der Waals surface area contributed by atoms with E-state index in [-0.39, 0.29) is 0 Å². The largest absolute Gasteiger partial charge is 0.231 e. The Morgan fingerprint density at radius 2 is 1.74 bits per heavy atom. The Bertz CT molecular complexity index is 580. The van der Waals surface area contributed by atoms with Crippen molar-refractivity contribution in [3.63, 3.8) is 0 Å². The molecule has 19 heavy (non-hydrogen) atoms. The van der Waals surface area contributed by atoms with Gasteiger partial charge in [-0.1, -0.05) is 54.8 Å². The Balaban J connectivity index is 2.08. The summed E-state index contributed by atoms with van der Waals surface area (Å²) in [7, 11) is 0. The minimum absolute atomic E-state index is 0.483. The molecule has 0 saturated heterocycles. The van der Waals surface area contributed by atoms with Gasteiger partial charge in [0.05, 0.1) is 9.26 Å². The zero-order chi connectivity index (χ0) is 13.2. The van der Waals surface area contributed by atoms with Crippen LogP contribution in [-0.2, 0) is 0 Å². The molecule has 2 aromatic rings. The molecule has 1 heterocycles. The number of hydrogen-bond donors (Lipinski definition) is 0. The Morgan fingerprint density at radius 1 is 1.05 bits per heavy atom. The Morgan fingerprint density at radius 3 is 2.42 bits per heavy atom. The van der Waals surface area contributed by atoms with Gasteiger partial charge in [0.15, 0.2) is 0 Å². The van der Waals surface area contributed by atoms with Crippen LogP contribution in [0.5, 0.6) is 0 Å². The second-order valence-electron chi connectivity index (χ2n) is 4.88. The first-order valence-electron chi connectivity index (χ1n) is 6.54. The van der Waals surface area contributed by atoms with Gasteiger partial charge in [-0.25, -0.2) is 9.97 Å². The topological polar surface area (TPSA) is 25.8 Å². The van der Waals surface area contributed by atoms with Crippen LogP contribution in [-0.4, -0.2) is 9.97 Å². The second kappa shape index (κ2) is 5.75. The smallest absolute Gasteiger partial charge is 0.146 e. The van der Waals surface area contributed by atoms with E-state index >= 15 is 0 Å². The number of hydrogen-bond acceptors (Lipinski definition) is 2. The predicted octanol–water partition coefficient (Wildman–Crippen LogP) is 5.06. The van der Waals surface area contributed by atoms with Crippen LogP contribution in [0.1, 0.15) is 37.4 Å². The molecule has 1 aromatic heterocycles. The molecule has 0 N–H and O–H groups in total. The Hall–Kier alpha value is -0.680. The maximum atomic E-state index is 6.29. The third-order valence-electron chi connectivity index (χ3n) is 3.60. The summed E-state index contributed by atoms with van der Waals surface area (Å²) in [5, 5.41) is 0.580. The molecule has 0 radical (unpaired) electrons. The van der Waals surface area contributed by atoms with Crippen LogP contribution in [0.25, 0.3) is 11.3 Å². The van der Waals surface area contributed by atoms with Gasteiger partial charge in [-0.3, -0.25) is 0 Å². The van der Waals surface area contributed by atoms with E-state index in [0.29, 0.717) is 11.1 Å². The van der Waals surface area contributed by atoms with Crippen molar-refractivity contribution in [2.75, 3.05) is 0 Å². The van der Waals surface area contributed by atoms with Gasteiger partial charge in [0.1, 0.15) is 11.0 Å². The molecule has 1 saturated carbocycles. The Labute approximate surface area is 131 Å². The summed E-state index contributed by atoms with van der Waals surface area (Å²) in [4.78, 5) is 9.27. The number of rotatable bonds is 2. The maximum absolute atomic E-state index is 6.29. The van der Waals surface area contributed by atoms with E-state index in [1.807, 2.05) is 18.2 Å².